The monoisotopic (exact) mass is 407 g/mol. The van der Waals surface area contributed by atoms with E-state index in [1.54, 1.807) is 30.3 Å². The number of carbonyl (C=O) groups excluding carboxylic acids is 2. The van der Waals surface area contributed by atoms with Crippen LogP contribution in [0.1, 0.15) is 49.3 Å². The van der Waals surface area contributed by atoms with Crippen LogP contribution in [0.25, 0.3) is 0 Å². The molecule has 2 aromatic rings. The van der Waals surface area contributed by atoms with Gasteiger partial charge in [0.2, 0.25) is 0 Å². The number of hydrogen-bond acceptors (Lipinski definition) is 3. The minimum Gasteiger partial charge on any atom is -0.359 e. The van der Waals surface area contributed by atoms with Crippen LogP contribution in [0.5, 0.6) is 0 Å². The summed E-state index contributed by atoms with van der Waals surface area (Å²) in [6, 6.07) is 11.8. The molecule has 0 bridgehead atoms. The van der Waals surface area contributed by atoms with Gasteiger partial charge in [-0.25, -0.2) is 4.79 Å². The summed E-state index contributed by atoms with van der Waals surface area (Å²) in [6.45, 7) is 6.04. The van der Waals surface area contributed by atoms with Gasteiger partial charge in [-0.2, -0.15) is 0 Å². The van der Waals surface area contributed by atoms with Gasteiger partial charge in [0.25, 0.3) is 11.6 Å². The van der Waals surface area contributed by atoms with Gasteiger partial charge in [-0.15, -0.1) is 0 Å². The van der Waals surface area contributed by atoms with Gasteiger partial charge in [-0.3, -0.25) is 9.69 Å². The Kier molecular flexibility index (Phi) is 5.28. The average molecular weight is 408 g/mol. The number of aliphatic hydroxyl groups is 1. The Hall–Kier alpha value is -2.86. The fraction of sp³-hybridized carbons (Fsp3) is 0.417. The Balaban J connectivity index is 1.80. The number of aryl methyl sites for hydroxylation is 2. The van der Waals surface area contributed by atoms with E-state index in [4.69, 9.17) is 0 Å². The summed E-state index contributed by atoms with van der Waals surface area (Å²) in [5, 5.41) is 17.8. The van der Waals surface area contributed by atoms with Gasteiger partial charge in [-0.05, 0) is 61.9 Å². The SMILES string of the molecule is Cc1ccc(N2C(=O)Nc3ccccc3[C@]2(O)C(=O)N[C@@H]2CCCC[C@H]2C)cc1C. The van der Waals surface area contributed by atoms with E-state index in [0.29, 0.717) is 22.9 Å². The molecule has 0 radical (unpaired) electrons. The standard InChI is InChI=1S/C24H29N3O3/c1-15-12-13-18(14-17(15)3)27-23(29)26-21-11-7-5-9-19(21)24(27,30)22(28)25-20-10-6-4-8-16(20)2/h5,7,9,11-14,16,20,30H,4,6,8,10H2,1-3H3,(H,25,28)(H,26,29)/t16-,20-,24+/m1/s1. The molecule has 3 amide bonds. The summed E-state index contributed by atoms with van der Waals surface area (Å²) in [4.78, 5) is 27.9. The fourth-order valence-corrected chi connectivity index (χ4v) is 4.53. The second-order valence-electron chi connectivity index (χ2n) is 8.59. The number of nitrogens with zero attached hydrogens (tertiary/aromatic N) is 1. The first-order chi connectivity index (χ1) is 14.3. The van der Waals surface area contributed by atoms with E-state index in [0.717, 1.165) is 36.8 Å². The lowest BCUT2D eigenvalue weighted by Gasteiger charge is -2.44. The molecule has 0 saturated heterocycles. The second kappa shape index (κ2) is 7.76. The van der Waals surface area contributed by atoms with Gasteiger partial charge in [0.15, 0.2) is 0 Å². The summed E-state index contributed by atoms with van der Waals surface area (Å²) in [5.41, 5.74) is 1.18. The maximum Gasteiger partial charge on any atom is 0.329 e. The molecule has 0 unspecified atom stereocenters. The summed E-state index contributed by atoms with van der Waals surface area (Å²) >= 11 is 0. The van der Waals surface area contributed by atoms with Crippen molar-refractivity contribution in [2.24, 2.45) is 5.92 Å². The number of urea groups is 1. The first kappa shape index (κ1) is 20.4. The quantitative estimate of drug-likeness (QED) is 0.713. The van der Waals surface area contributed by atoms with Crippen molar-refractivity contribution in [2.75, 3.05) is 10.2 Å². The van der Waals surface area contributed by atoms with Crippen molar-refractivity contribution in [1.82, 2.24) is 5.32 Å². The highest BCUT2D eigenvalue weighted by molar-refractivity contribution is 6.11. The van der Waals surface area contributed by atoms with Crippen LogP contribution in [0, 0.1) is 19.8 Å². The van der Waals surface area contributed by atoms with Gasteiger partial charge in [0.05, 0.1) is 5.69 Å². The van der Waals surface area contributed by atoms with Gasteiger partial charge in [-0.1, -0.05) is 44.0 Å². The van der Waals surface area contributed by atoms with Crippen molar-refractivity contribution >= 4 is 23.3 Å². The van der Waals surface area contributed by atoms with Crippen molar-refractivity contribution in [3.05, 3.63) is 59.2 Å². The highest BCUT2D eigenvalue weighted by Gasteiger charge is 2.52. The van der Waals surface area contributed by atoms with E-state index in [9.17, 15) is 14.7 Å². The third kappa shape index (κ3) is 3.35. The Bertz CT molecular complexity index is 989. The molecule has 1 saturated carbocycles. The Labute approximate surface area is 177 Å². The number of nitrogens with one attached hydrogen (secondary N) is 2. The summed E-state index contributed by atoms with van der Waals surface area (Å²) in [5.74, 6) is -0.240. The molecule has 0 spiro atoms. The van der Waals surface area contributed by atoms with Crippen molar-refractivity contribution in [2.45, 2.75) is 58.2 Å². The first-order valence-corrected chi connectivity index (χ1v) is 10.6. The van der Waals surface area contributed by atoms with E-state index in [2.05, 4.69) is 17.6 Å². The minimum absolute atomic E-state index is 0.0194. The van der Waals surface area contributed by atoms with E-state index in [-0.39, 0.29) is 6.04 Å². The lowest BCUT2D eigenvalue weighted by atomic mass is 9.85. The molecule has 158 valence electrons. The minimum atomic E-state index is -2.14. The molecule has 6 heteroatoms. The van der Waals surface area contributed by atoms with Crippen LogP contribution in [-0.2, 0) is 10.5 Å². The molecule has 1 heterocycles. The number of benzene rings is 2. The molecule has 1 fully saturated rings. The largest absolute Gasteiger partial charge is 0.359 e. The van der Waals surface area contributed by atoms with Crippen LogP contribution in [0.15, 0.2) is 42.5 Å². The van der Waals surface area contributed by atoms with E-state index in [1.165, 1.54) is 4.90 Å². The number of anilines is 2. The lowest BCUT2D eigenvalue weighted by Crippen LogP contribution is -2.64. The zero-order chi connectivity index (χ0) is 21.5. The molecule has 4 rings (SSSR count). The van der Waals surface area contributed by atoms with E-state index < -0.39 is 17.7 Å². The molecular formula is C24H29N3O3. The average Bonchev–Trinajstić information content (AvgIpc) is 2.72. The normalized spacial score (nSPS) is 26.0. The van der Waals surface area contributed by atoms with Crippen molar-refractivity contribution in [3.8, 4) is 0 Å². The summed E-state index contributed by atoms with van der Waals surface area (Å²) in [6.07, 6.45) is 4.12. The highest BCUT2D eigenvalue weighted by atomic mass is 16.3. The van der Waals surface area contributed by atoms with Gasteiger partial charge >= 0.3 is 6.03 Å². The predicted octanol–water partition coefficient (Wildman–Crippen LogP) is 4.20. The van der Waals surface area contributed by atoms with Crippen LogP contribution in [0.3, 0.4) is 0 Å². The molecular weight excluding hydrogens is 378 g/mol. The molecule has 1 aliphatic heterocycles. The summed E-state index contributed by atoms with van der Waals surface area (Å²) in [7, 11) is 0. The first-order valence-electron chi connectivity index (χ1n) is 10.6. The second-order valence-corrected chi connectivity index (χ2v) is 8.59. The molecule has 3 N–H and O–H groups in total. The Morgan fingerprint density at radius 3 is 2.60 bits per heavy atom. The number of amides is 3. The number of fused-ring (bicyclic) bond motifs is 1. The van der Waals surface area contributed by atoms with Crippen LogP contribution in [-0.4, -0.2) is 23.1 Å². The van der Waals surface area contributed by atoms with E-state index in [1.807, 2.05) is 26.0 Å². The Morgan fingerprint density at radius 1 is 1.13 bits per heavy atom. The van der Waals surface area contributed by atoms with Crippen LogP contribution in [0.4, 0.5) is 16.2 Å². The highest BCUT2D eigenvalue weighted by Crippen LogP contribution is 2.40. The van der Waals surface area contributed by atoms with E-state index >= 15 is 0 Å². The van der Waals surface area contributed by atoms with Gasteiger partial charge in [0, 0.05) is 17.3 Å². The van der Waals surface area contributed by atoms with Crippen LogP contribution in [0.2, 0.25) is 0 Å². The number of hydrogen-bond donors (Lipinski definition) is 3. The molecule has 2 aromatic carbocycles. The molecule has 6 nitrogen and oxygen atoms in total. The number of rotatable bonds is 3. The van der Waals surface area contributed by atoms with Crippen molar-refractivity contribution in [1.29, 1.82) is 0 Å². The van der Waals surface area contributed by atoms with Crippen LogP contribution >= 0.6 is 0 Å². The molecule has 30 heavy (non-hydrogen) atoms. The zero-order valence-corrected chi connectivity index (χ0v) is 17.7. The van der Waals surface area contributed by atoms with Crippen LogP contribution < -0.4 is 15.5 Å². The fourth-order valence-electron chi connectivity index (χ4n) is 4.53. The molecule has 2 aliphatic rings. The molecule has 1 aliphatic carbocycles. The maximum atomic E-state index is 13.6. The molecule has 3 atom stereocenters. The molecule has 0 aromatic heterocycles. The third-order valence-corrected chi connectivity index (χ3v) is 6.56. The number of para-hydroxylation sites is 1. The third-order valence-electron chi connectivity index (χ3n) is 6.56. The summed E-state index contributed by atoms with van der Waals surface area (Å²) < 4.78 is 0. The Morgan fingerprint density at radius 2 is 1.87 bits per heavy atom. The van der Waals surface area contributed by atoms with Gasteiger partial charge < -0.3 is 15.7 Å². The zero-order valence-electron chi connectivity index (χ0n) is 17.7. The smallest absolute Gasteiger partial charge is 0.329 e. The van der Waals surface area contributed by atoms with Crippen molar-refractivity contribution < 1.29 is 14.7 Å². The topological polar surface area (TPSA) is 81.7 Å². The van der Waals surface area contributed by atoms with Crippen molar-refractivity contribution in [3.63, 3.8) is 0 Å². The predicted molar refractivity (Wildman–Crippen MR) is 117 cm³/mol. The number of carbonyl (C=O) groups is 2. The van der Waals surface area contributed by atoms with Gasteiger partial charge in [0.1, 0.15) is 0 Å². The lowest BCUT2D eigenvalue weighted by molar-refractivity contribution is -0.141. The maximum absolute atomic E-state index is 13.6.